The fourth-order valence-corrected chi connectivity index (χ4v) is 6.02. The first-order valence-electron chi connectivity index (χ1n) is 16.3. The van der Waals surface area contributed by atoms with Crippen LogP contribution in [0.2, 0.25) is 0 Å². The Hall–Kier alpha value is -4.74. The number of carbonyl (C=O) groups is 2. The molecule has 0 radical (unpaired) electrons. The molecule has 260 valence electrons. The van der Waals surface area contributed by atoms with E-state index in [-0.39, 0.29) is 29.4 Å². The molecule has 0 saturated heterocycles. The number of anilines is 2. The van der Waals surface area contributed by atoms with Crippen molar-refractivity contribution in [2.24, 2.45) is 5.92 Å². The van der Waals surface area contributed by atoms with E-state index in [1.54, 1.807) is 6.20 Å². The Balaban J connectivity index is 1.62. The highest BCUT2D eigenvalue weighted by molar-refractivity contribution is 7.92. The van der Waals surface area contributed by atoms with Crippen LogP contribution >= 0.6 is 0 Å². The number of carbonyl (C=O) groups excluding carboxylic acids is 2. The van der Waals surface area contributed by atoms with E-state index in [1.807, 2.05) is 85.7 Å². The second kappa shape index (κ2) is 16.6. The van der Waals surface area contributed by atoms with Gasteiger partial charge in [-0.2, -0.15) is 0 Å². The Morgan fingerprint density at radius 1 is 0.776 bits per heavy atom. The monoisotopic (exact) mass is 685 g/mol. The van der Waals surface area contributed by atoms with Crippen LogP contribution in [0, 0.1) is 5.92 Å². The number of aliphatic hydroxyl groups excluding tert-OH is 1. The molecule has 3 aromatic carbocycles. The van der Waals surface area contributed by atoms with Crippen molar-refractivity contribution in [2.75, 3.05) is 36.1 Å². The number of aromatic nitrogens is 1. The lowest BCUT2D eigenvalue weighted by molar-refractivity contribution is 0.0843. The van der Waals surface area contributed by atoms with Gasteiger partial charge in [-0.05, 0) is 66.6 Å². The number of aliphatic hydroxyl groups is 1. The number of nitrogens with one attached hydrogen (secondary N) is 2. The van der Waals surface area contributed by atoms with E-state index >= 15 is 0 Å². The highest BCUT2D eigenvalue weighted by Gasteiger charge is 2.26. The molecule has 4 aromatic rings. The average molecular weight is 686 g/mol. The van der Waals surface area contributed by atoms with Gasteiger partial charge < -0.3 is 20.6 Å². The van der Waals surface area contributed by atoms with Gasteiger partial charge in [0.2, 0.25) is 10.0 Å². The summed E-state index contributed by atoms with van der Waals surface area (Å²) in [4.78, 5) is 33.7. The minimum Gasteiger partial charge on any atom is -0.389 e. The number of hydrogen-bond acceptors (Lipinski definition) is 7. The largest absolute Gasteiger partial charge is 0.389 e. The molecule has 0 saturated carbocycles. The Labute approximate surface area is 290 Å². The number of rotatable bonds is 15. The third-order valence-corrected chi connectivity index (χ3v) is 9.56. The van der Waals surface area contributed by atoms with E-state index in [2.05, 4.69) is 35.5 Å². The average Bonchev–Trinajstić information content (AvgIpc) is 3.07. The normalized spacial score (nSPS) is 13.3. The van der Waals surface area contributed by atoms with Crippen LogP contribution < -0.4 is 19.8 Å². The summed E-state index contributed by atoms with van der Waals surface area (Å²) in [5, 5.41) is 17.5. The maximum Gasteiger partial charge on any atom is 0.251 e. The molecule has 0 unspecified atom stereocenters. The molecule has 11 heteroatoms. The Kier molecular flexibility index (Phi) is 12.5. The summed E-state index contributed by atoms with van der Waals surface area (Å²) < 4.78 is 26.0. The van der Waals surface area contributed by atoms with Crippen molar-refractivity contribution in [3.05, 3.63) is 125 Å². The molecule has 3 N–H and O–H groups in total. The van der Waals surface area contributed by atoms with Crippen LogP contribution in [0.3, 0.4) is 0 Å². The van der Waals surface area contributed by atoms with E-state index in [1.165, 1.54) is 25.2 Å². The van der Waals surface area contributed by atoms with E-state index in [0.717, 1.165) is 39.4 Å². The van der Waals surface area contributed by atoms with Gasteiger partial charge in [0.05, 0.1) is 42.0 Å². The quantitative estimate of drug-likeness (QED) is 0.160. The Bertz CT molecular complexity index is 1820. The number of pyridine rings is 1. The molecule has 3 atom stereocenters. The maximum absolute atomic E-state index is 14.0. The zero-order valence-electron chi connectivity index (χ0n) is 29.0. The number of nitrogens with zero attached hydrogens (tertiary/aromatic N) is 3. The summed E-state index contributed by atoms with van der Waals surface area (Å²) in [6, 6.07) is 24.3. The van der Waals surface area contributed by atoms with Crippen LogP contribution in [0.15, 0.2) is 97.3 Å². The Morgan fingerprint density at radius 2 is 1.37 bits per heavy atom. The van der Waals surface area contributed by atoms with Gasteiger partial charge in [-0.15, -0.1) is 0 Å². The number of sulfonamides is 1. The lowest BCUT2D eigenvalue weighted by Gasteiger charge is -2.29. The predicted octanol–water partition coefficient (Wildman–Crippen LogP) is 5.01. The zero-order valence-corrected chi connectivity index (χ0v) is 29.8. The van der Waals surface area contributed by atoms with Gasteiger partial charge in [0.15, 0.2) is 0 Å². The summed E-state index contributed by atoms with van der Waals surface area (Å²) in [6.45, 7) is 6.34. The first-order valence-corrected chi connectivity index (χ1v) is 18.2. The summed E-state index contributed by atoms with van der Waals surface area (Å²) in [5.41, 5.74) is 4.10. The molecule has 0 aliphatic heterocycles. The number of benzene rings is 3. The van der Waals surface area contributed by atoms with Crippen LogP contribution in [0.1, 0.15) is 64.2 Å². The van der Waals surface area contributed by atoms with Gasteiger partial charge in [-0.3, -0.25) is 18.9 Å². The molecule has 0 aliphatic carbocycles. The molecule has 0 bridgehead atoms. The summed E-state index contributed by atoms with van der Waals surface area (Å²) in [7, 11) is -0.482. The lowest BCUT2D eigenvalue weighted by Crippen LogP contribution is -2.49. The van der Waals surface area contributed by atoms with Crippen molar-refractivity contribution >= 4 is 33.2 Å². The fourth-order valence-electron chi connectivity index (χ4n) is 5.53. The highest BCUT2D eigenvalue weighted by Crippen LogP contribution is 2.23. The number of likely N-dealkylation sites (N-methyl/N-ethyl adjacent to an activating group) is 1. The van der Waals surface area contributed by atoms with Crippen molar-refractivity contribution in [1.82, 2.24) is 15.6 Å². The standard InChI is InChI=1S/C38H47N5O5S/c1-26(2)17-29-18-34(24-39-23-29)42(4)25-36(44)35(19-28-13-9-7-10-14-28)41-38(46)32-20-31(21-33(22-32)43(5)49(6,47)48)37(45)40-27(3)30-15-11-8-12-16-30/h7-16,18,20-24,26-27,35-36,44H,17,19,25H2,1-6H3,(H,40,45)(H,41,46)/t27-,35+,36-/m1/s1. The SMILES string of the molecule is CC(C)Cc1cncc(N(C)C[C@@H](O)[C@H](Cc2ccccc2)NC(=O)c2cc(C(=O)N[C@H](C)c3ccccc3)cc(N(C)S(C)(=O)=O)c2)c1. The van der Waals surface area contributed by atoms with Gasteiger partial charge in [0.1, 0.15) is 0 Å². The van der Waals surface area contributed by atoms with Crippen LogP contribution in [0.25, 0.3) is 0 Å². The molecule has 0 fully saturated rings. The van der Waals surface area contributed by atoms with Crippen molar-refractivity contribution < 1.29 is 23.1 Å². The summed E-state index contributed by atoms with van der Waals surface area (Å²) >= 11 is 0. The third kappa shape index (κ3) is 10.6. The summed E-state index contributed by atoms with van der Waals surface area (Å²) in [6.07, 6.45) is 4.85. The van der Waals surface area contributed by atoms with Gasteiger partial charge in [-0.1, -0.05) is 74.5 Å². The molecule has 2 amide bonds. The first kappa shape index (κ1) is 37.1. The second-order valence-corrected chi connectivity index (χ2v) is 15.0. The molecule has 4 rings (SSSR count). The molecular formula is C38H47N5O5S. The first-order chi connectivity index (χ1) is 23.2. The molecule has 49 heavy (non-hydrogen) atoms. The summed E-state index contributed by atoms with van der Waals surface area (Å²) in [5.74, 6) is -0.560. The molecule has 0 aliphatic rings. The maximum atomic E-state index is 14.0. The Morgan fingerprint density at radius 3 is 1.96 bits per heavy atom. The minimum absolute atomic E-state index is 0.0784. The van der Waals surface area contributed by atoms with E-state index in [0.29, 0.717) is 12.3 Å². The molecular weight excluding hydrogens is 639 g/mol. The fraction of sp³-hybridized carbons (Fsp3) is 0.342. The molecule has 1 aromatic heterocycles. The van der Waals surface area contributed by atoms with Crippen LogP contribution in [-0.4, -0.2) is 69.4 Å². The minimum atomic E-state index is -3.71. The topological polar surface area (TPSA) is 132 Å². The van der Waals surface area contributed by atoms with Crippen molar-refractivity contribution in [2.45, 2.75) is 51.8 Å². The smallest absolute Gasteiger partial charge is 0.251 e. The van der Waals surface area contributed by atoms with E-state index in [9.17, 15) is 23.1 Å². The van der Waals surface area contributed by atoms with Gasteiger partial charge in [-0.25, -0.2) is 8.42 Å². The predicted molar refractivity (Wildman–Crippen MR) is 195 cm³/mol. The van der Waals surface area contributed by atoms with Crippen molar-refractivity contribution in [3.8, 4) is 0 Å². The molecule has 1 heterocycles. The van der Waals surface area contributed by atoms with E-state index in [4.69, 9.17) is 0 Å². The van der Waals surface area contributed by atoms with Crippen LogP contribution in [0.4, 0.5) is 11.4 Å². The van der Waals surface area contributed by atoms with Crippen LogP contribution in [-0.2, 0) is 22.9 Å². The zero-order chi connectivity index (χ0) is 35.7. The lowest BCUT2D eigenvalue weighted by atomic mass is 9.99. The van der Waals surface area contributed by atoms with Crippen molar-refractivity contribution in [1.29, 1.82) is 0 Å². The number of amides is 2. The molecule has 10 nitrogen and oxygen atoms in total. The van der Waals surface area contributed by atoms with Gasteiger partial charge >= 0.3 is 0 Å². The molecule has 0 spiro atoms. The second-order valence-electron chi connectivity index (χ2n) is 13.0. The number of hydrogen-bond donors (Lipinski definition) is 3. The van der Waals surface area contributed by atoms with E-state index < -0.39 is 34.0 Å². The van der Waals surface area contributed by atoms with Gasteiger partial charge in [0.25, 0.3) is 11.8 Å². The van der Waals surface area contributed by atoms with Crippen molar-refractivity contribution in [3.63, 3.8) is 0 Å². The highest BCUT2D eigenvalue weighted by atomic mass is 32.2. The van der Waals surface area contributed by atoms with Crippen LogP contribution in [0.5, 0.6) is 0 Å². The third-order valence-electron chi connectivity index (χ3n) is 8.36. The van der Waals surface area contributed by atoms with Gasteiger partial charge in [0, 0.05) is 38.0 Å².